The Morgan fingerprint density at radius 3 is 2.41 bits per heavy atom. The normalized spacial score (nSPS) is 13.2. The van der Waals surface area contributed by atoms with E-state index in [4.69, 9.17) is 37.2 Å². The standard InChI is InChI=1S/C26H31Cl2N3O5S/c1-3-31(4-2)13-6-16-37(32,33)30-25-22(36-29-26(25)24-19(27)7-5-8-20(24)28)12-10-18-9-11-21-23(17-18)35-15-14-34-21/h5,7-9,11,17,30H,3-4,6,10,12-16H2,1-2H3. The average molecular weight is 569 g/mol. The second-order valence-corrected chi connectivity index (χ2v) is 11.4. The fourth-order valence-corrected chi connectivity index (χ4v) is 5.93. The summed E-state index contributed by atoms with van der Waals surface area (Å²) in [4.78, 5) is 2.18. The molecule has 1 aliphatic rings. The maximum atomic E-state index is 13.1. The lowest BCUT2D eigenvalue weighted by atomic mass is 10.1. The van der Waals surface area contributed by atoms with Crippen LogP contribution < -0.4 is 14.2 Å². The van der Waals surface area contributed by atoms with Crippen LogP contribution in [0.4, 0.5) is 5.69 Å². The first kappa shape index (κ1) is 27.6. The lowest BCUT2D eigenvalue weighted by molar-refractivity contribution is 0.171. The summed E-state index contributed by atoms with van der Waals surface area (Å²) in [5.74, 6) is 1.77. The summed E-state index contributed by atoms with van der Waals surface area (Å²) in [7, 11) is -3.69. The molecule has 0 radical (unpaired) electrons. The number of nitrogens with zero attached hydrogens (tertiary/aromatic N) is 2. The van der Waals surface area contributed by atoms with Gasteiger partial charge in [0.15, 0.2) is 17.3 Å². The van der Waals surface area contributed by atoms with Crippen LogP contribution in [0.5, 0.6) is 11.5 Å². The Hall–Kier alpha value is -2.46. The lowest BCUT2D eigenvalue weighted by Crippen LogP contribution is -2.27. The van der Waals surface area contributed by atoms with Crippen molar-refractivity contribution in [2.24, 2.45) is 0 Å². The predicted molar refractivity (Wildman–Crippen MR) is 147 cm³/mol. The van der Waals surface area contributed by atoms with Crippen LogP contribution in [0.25, 0.3) is 11.3 Å². The third-order valence-corrected chi connectivity index (χ3v) is 8.22. The first-order valence-corrected chi connectivity index (χ1v) is 14.8. The number of aryl methyl sites for hydroxylation is 2. The number of fused-ring (bicyclic) bond motifs is 1. The number of anilines is 1. The van der Waals surface area contributed by atoms with Crippen molar-refractivity contribution in [1.82, 2.24) is 10.1 Å². The van der Waals surface area contributed by atoms with E-state index in [0.717, 1.165) is 18.7 Å². The predicted octanol–water partition coefficient (Wildman–Crippen LogP) is 5.68. The Kier molecular flexibility index (Phi) is 9.23. The molecule has 2 aromatic carbocycles. The highest BCUT2D eigenvalue weighted by molar-refractivity contribution is 7.92. The van der Waals surface area contributed by atoms with Crippen molar-refractivity contribution >= 4 is 38.9 Å². The molecule has 200 valence electrons. The van der Waals surface area contributed by atoms with Gasteiger partial charge in [-0.05, 0) is 62.3 Å². The lowest BCUT2D eigenvalue weighted by Gasteiger charge is -2.19. The number of rotatable bonds is 12. The summed E-state index contributed by atoms with van der Waals surface area (Å²) in [5.41, 5.74) is 1.93. The molecule has 0 fully saturated rings. The Morgan fingerprint density at radius 2 is 1.70 bits per heavy atom. The van der Waals surface area contributed by atoms with Gasteiger partial charge in [0, 0.05) is 12.0 Å². The molecule has 0 saturated heterocycles. The molecule has 3 aromatic rings. The molecule has 8 nitrogen and oxygen atoms in total. The van der Waals surface area contributed by atoms with Gasteiger partial charge in [0.05, 0.1) is 15.8 Å². The van der Waals surface area contributed by atoms with E-state index in [1.165, 1.54) is 0 Å². The molecular weight excluding hydrogens is 537 g/mol. The molecule has 0 bridgehead atoms. The number of sulfonamides is 1. The van der Waals surface area contributed by atoms with E-state index in [9.17, 15) is 8.42 Å². The van der Waals surface area contributed by atoms with Crippen molar-refractivity contribution in [3.05, 3.63) is 57.8 Å². The Bertz CT molecular complexity index is 1310. The minimum Gasteiger partial charge on any atom is -0.486 e. The molecule has 0 spiro atoms. The number of halogens is 2. The summed E-state index contributed by atoms with van der Waals surface area (Å²) in [6.07, 6.45) is 1.46. The molecule has 0 aliphatic carbocycles. The first-order chi connectivity index (χ1) is 17.8. The highest BCUT2D eigenvalue weighted by Crippen LogP contribution is 2.40. The Morgan fingerprint density at radius 1 is 1.00 bits per heavy atom. The van der Waals surface area contributed by atoms with Crippen molar-refractivity contribution < 1.29 is 22.4 Å². The maximum Gasteiger partial charge on any atom is 0.232 e. The highest BCUT2D eigenvalue weighted by atomic mass is 35.5. The molecule has 1 N–H and O–H groups in total. The monoisotopic (exact) mass is 567 g/mol. The quantitative estimate of drug-likeness (QED) is 0.301. The van der Waals surface area contributed by atoms with E-state index in [-0.39, 0.29) is 17.1 Å². The van der Waals surface area contributed by atoms with Crippen LogP contribution in [0.15, 0.2) is 40.9 Å². The first-order valence-electron chi connectivity index (χ1n) is 12.4. The van der Waals surface area contributed by atoms with Crippen molar-refractivity contribution in [3.8, 4) is 22.8 Å². The topological polar surface area (TPSA) is 93.9 Å². The SMILES string of the molecule is CCN(CC)CCCS(=O)(=O)Nc1c(-c2c(Cl)cccc2Cl)noc1CCc1ccc2c(c1)OCCO2. The van der Waals surface area contributed by atoms with Crippen LogP contribution in [0, 0.1) is 0 Å². The van der Waals surface area contributed by atoms with Gasteiger partial charge in [0.2, 0.25) is 10.0 Å². The maximum absolute atomic E-state index is 13.1. The van der Waals surface area contributed by atoms with Crippen LogP contribution in [0.1, 0.15) is 31.6 Å². The molecule has 0 saturated carbocycles. The number of ether oxygens (including phenoxy) is 2. The molecule has 1 aromatic heterocycles. The number of aromatic nitrogens is 1. The van der Waals surface area contributed by atoms with E-state index in [2.05, 4.69) is 28.6 Å². The zero-order valence-electron chi connectivity index (χ0n) is 20.9. The van der Waals surface area contributed by atoms with E-state index in [0.29, 0.717) is 71.9 Å². The fourth-order valence-electron chi connectivity index (χ4n) is 4.22. The number of hydrogen-bond acceptors (Lipinski definition) is 7. The van der Waals surface area contributed by atoms with E-state index >= 15 is 0 Å². The number of hydrogen-bond donors (Lipinski definition) is 1. The fraction of sp³-hybridized carbons (Fsp3) is 0.423. The third-order valence-electron chi connectivity index (χ3n) is 6.25. The van der Waals surface area contributed by atoms with E-state index in [1.54, 1.807) is 18.2 Å². The molecule has 4 rings (SSSR count). The molecule has 0 amide bonds. The highest BCUT2D eigenvalue weighted by Gasteiger charge is 2.25. The largest absolute Gasteiger partial charge is 0.486 e. The molecule has 37 heavy (non-hydrogen) atoms. The summed E-state index contributed by atoms with van der Waals surface area (Å²) in [6.45, 7) is 7.57. The van der Waals surface area contributed by atoms with E-state index in [1.807, 2.05) is 18.2 Å². The third kappa shape index (κ3) is 6.90. The van der Waals surface area contributed by atoms with Gasteiger partial charge in [0.25, 0.3) is 0 Å². The molecule has 0 atom stereocenters. The van der Waals surface area contributed by atoms with Gasteiger partial charge >= 0.3 is 0 Å². The Labute approximate surface area is 227 Å². The van der Waals surface area contributed by atoms with E-state index < -0.39 is 10.0 Å². The van der Waals surface area contributed by atoms with Crippen LogP contribution in [-0.4, -0.2) is 57.1 Å². The molecule has 0 unspecified atom stereocenters. The summed E-state index contributed by atoms with van der Waals surface area (Å²) in [5, 5.41) is 4.88. The van der Waals surface area contributed by atoms with Gasteiger partial charge in [-0.2, -0.15) is 0 Å². The van der Waals surface area contributed by atoms with Crippen molar-refractivity contribution in [2.45, 2.75) is 33.1 Å². The molecular formula is C26H31Cl2N3O5S. The second kappa shape index (κ2) is 12.4. The van der Waals surface area contributed by atoms with Crippen LogP contribution in [0.3, 0.4) is 0 Å². The summed E-state index contributed by atoms with van der Waals surface area (Å²) >= 11 is 12.9. The zero-order chi connectivity index (χ0) is 26.4. The molecule has 11 heteroatoms. The van der Waals surface area contributed by atoms with Gasteiger partial charge in [-0.3, -0.25) is 4.72 Å². The van der Waals surface area contributed by atoms with Gasteiger partial charge in [-0.25, -0.2) is 8.42 Å². The number of nitrogens with one attached hydrogen (secondary N) is 1. The summed E-state index contributed by atoms with van der Waals surface area (Å²) in [6, 6.07) is 10.8. The van der Waals surface area contributed by atoms with Crippen molar-refractivity contribution in [2.75, 3.05) is 43.3 Å². The number of benzene rings is 2. The van der Waals surface area contributed by atoms with Crippen molar-refractivity contribution in [3.63, 3.8) is 0 Å². The van der Waals surface area contributed by atoms with Gasteiger partial charge < -0.3 is 18.9 Å². The van der Waals surface area contributed by atoms with Crippen LogP contribution >= 0.6 is 23.2 Å². The van der Waals surface area contributed by atoms with Gasteiger partial charge in [0.1, 0.15) is 24.6 Å². The summed E-state index contributed by atoms with van der Waals surface area (Å²) < 4.78 is 45.9. The van der Waals surface area contributed by atoms with Crippen molar-refractivity contribution in [1.29, 1.82) is 0 Å². The molecule has 2 heterocycles. The van der Waals surface area contributed by atoms with Crippen LogP contribution in [-0.2, 0) is 22.9 Å². The minimum atomic E-state index is -3.69. The smallest absolute Gasteiger partial charge is 0.232 e. The van der Waals surface area contributed by atoms with Gasteiger partial charge in [-0.1, -0.05) is 54.3 Å². The molecule has 1 aliphatic heterocycles. The zero-order valence-corrected chi connectivity index (χ0v) is 23.3. The Balaban J connectivity index is 1.59. The second-order valence-electron chi connectivity index (χ2n) is 8.71. The van der Waals surface area contributed by atoms with Gasteiger partial charge in [-0.15, -0.1) is 0 Å². The van der Waals surface area contributed by atoms with Crippen LogP contribution in [0.2, 0.25) is 10.0 Å². The average Bonchev–Trinajstić information content (AvgIpc) is 3.26. The minimum absolute atomic E-state index is 0.0357.